The molecule has 0 aromatic carbocycles. The zero-order valence-electron chi connectivity index (χ0n) is 15.3. The molecule has 1 amide bonds. The Balaban J connectivity index is 1.59. The quantitative estimate of drug-likeness (QED) is 0.753. The van der Waals surface area contributed by atoms with E-state index >= 15 is 0 Å². The maximum absolute atomic E-state index is 12.9. The molecule has 0 radical (unpaired) electrons. The monoisotopic (exact) mass is 383 g/mol. The lowest BCUT2D eigenvalue weighted by molar-refractivity contribution is 0.0703. The van der Waals surface area contributed by atoms with Gasteiger partial charge in [-0.2, -0.15) is 5.10 Å². The van der Waals surface area contributed by atoms with Gasteiger partial charge in [-0.25, -0.2) is 4.98 Å². The minimum absolute atomic E-state index is 0.0120. The van der Waals surface area contributed by atoms with E-state index in [-0.39, 0.29) is 17.4 Å². The molecule has 0 unspecified atom stereocenters. The Bertz CT molecular complexity index is 1020. The lowest BCUT2D eigenvalue weighted by atomic mass is 9.96. The minimum Gasteiger partial charge on any atom is -0.338 e. The second-order valence-corrected chi connectivity index (χ2v) is 7.83. The Kier molecular flexibility index (Phi) is 4.65. The number of rotatable bonds is 3. The van der Waals surface area contributed by atoms with E-state index in [2.05, 4.69) is 15.1 Å². The van der Waals surface area contributed by atoms with Gasteiger partial charge in [0.1, 0.15) is 5.82 Å². The molecule has 1 atom stereocenters. The Labute approximate surface area is 160 Å². The molecule has 0 spiro atoms. The van der Waals surface area contributed by atoms with Crippen molar-refractivity contribution in [1.82, 2.24) is 24.6 Å². The van der Waals surface area contributed by atoms with Gasteiger partial charge in [0.05, 0.1) is 21.8 Å². The van der Waals surface area contributed by atoms with Crippen molar-refractivity contribution in [2.75, 3.05) is 13.1 Å². The number of carbonyl (C=O) groups excluding carboxylic acids is 1. The average Bonchev–Trinajstić information content (AvgIpc) is 3.30. The van der Waals surface area contributed by atoms with Gasteiger partial charge in [-0.15, -0.1) is 11.3 Å². The standard InChI is InChI=1S/C19H21N5O2S/c1-12-14(11-23(2)22-12)19(26)24-7-3-5-13(10-24)18-20-15(9-17(25)21-18)16-6-4-8-27-16/h4,6,8-9,11,13H,3,5,7,10H2,1-2H3,(H,20,21,25)/t13-/m0/s1. The Hall–Kier alpha value is -2.74. The molecule has 8 heteroatoms. The number of nitrogens with one attached hydrogen (secondary N) is 1. The zero-order chi connectivity index (χ0) is 19.0. The highest BCUT2D eigenvalue weighted by molar-refractivity contribution is 7.13. The van der Waals surface area contributed by atoms with Crippen molar-refractivity contribution in [3.63, 3.8) is 0 Å². The predicted molar refractivity (Wildman–Crippen MR) is 104 cm³/mol. The number of thiophene rings is 1. The van der Waals surface area contributed by atoms with Crippen molar-refractivity contribution in [3.8, 4) is 10.6 Å². The highest BCUT2D eigenvalue weighted by Crippen LogP contribution is 2.28. The molecule has 4 heterocycles. The van der Waals surface area contributed by atoms with Gasteiger partial charge in [-0.05, 0) is 31.2 Å². The van der Waals surface area contributed by atoms with E-state index in [1.54, 1.807) is 22.2 Å². The molecule has 0 bridgehead atoms. The summed E-state index contributed by atoms with van der Waals surface area (Å²) in [6.45, 7) is 3.10. The summed E-state index contributed by atoms with van der Waals surface area (Å²) in [7, 11) is 1.81. The van der Waals surface area contributed by atoms with Gasteiger partial charge in [-0.1, -0.05) is 6.07 Å². The molecule has 27 heavy (non-hydrogen) atoms. The van der Waals surface area contributed by atoms with Crippen LogP contribution in [0.2, 0.25) is 0 Å². The van der Waals surface area contributed by atoms with Crippen LogP contribution in [0.25, 0.3) is 10.6 Å². The normalized spacial score (nSPS) is 17.3. The van der Waals surface area contributed by atoms with Crippen LogP contribution in [0.4, 0.5) is 0 Å². The number of hydrogen-bond donors (Lipinski definition) is 1. The molecule has 1 fully saturated rings. The number of piperidine rings is 1. The van der Waals surface area contributed by atoms with Gasteiger partial charge in [0, 0.05) is 38.3 Å². The molecule has 0 aliphatic carbocycles. The van der Waals surface area contributed by atoms with Crippen molar-refractivity contribution in [3.05, 3.63) is 57.2 Å². The second kappa shape index (κ2) is 7.11. The van der Waals surface area contributed by atoms with E-state index in [4.69, 9.17) is 0 Å². The van der Waals surface area contributed by atoms with E-state index in [0.717, 1.165) is 23.4 Å². The fourth-order valence-electron chi connectivity index (χ4n) is 3.59. The van der Waals surface area contributed by atoms with Crippen molar-refractivity contribution in [2.45, 2.75) is 25.7 Å². The lowest BCUT2D eigenvalue weighted by Crippen LogP contribution is -2.40. The first kappa shape index (κ1) is 17.7. The summed E-state index contributed by atoms with van der Waals surface area (Å²) in [5, 5.41) is 6.23. The maximum atomic E-state index is 12.9. The van der Waals surface area contributed by atoms with E-state index < -0.39 is 0 Å². The number of carbonyl (C=O) groups is 1. The summed E-state index contributed by atoms with van der Waals surface area (Å²) in [4.78, 5) is 35.4. The van der Waals surface area contributed by atoms with E-state index in [1.807, 2.05) is 36.4 Å². The van der Waals surface area contributed by atoms with E-state index in [0.29, 0.717) is 30.2 Å². The summed E-state index contributed by atoms with van der Waals surface area (Å²) in [5.41, 5.74) is 1.90. The highest BCUT2D eigenvalue weighted by atomic mass is 32.1. The largest absolute Gasteiger partial charge is 0.338 e. The fraction of sp³-hybridized carbons (Fsp3) is 0.368. The number of likely N-dealkylation sites (tertiary alicyclic amines) is 1. The van der Waals surface area contributed by atoms with Gasteiger partial charge in [-0.3, -0.25) is 14.3 Å². The fourth-order valence-corrected chi connectivity index (χ4v) is 4.27. The highest BCUT2D eigenvalue weighted by Gasteiger charge is 2.28. The topological polar surface area (TPSA) is 83.9 Å². The molecule has 4 rings (SSSR count). The molecule has 1 saturated heterocycles. The number of aromatic nitrogens is 4. The number of amides is 1. The number of aryl methyl sites for hydroxylation is 2. The molecule has 1 aliphatic heterocycles. The summed E-state index contributed by atoms with van der Waals surface area (Å²) >= 11 is 1.56. The molecule has 0 saturated carbocycles. The van der Waals surface area contributed by atoms with Crippen LogP contribution >= 0.6 is 11.3 Å². The summed E-state index contributed by atoms with van der Waals surface area (Å²) in [6, 6.07) is 5.43. The van der Waals surface area contributed by atoms with Gasteiger partial charge < -0.3 is 9.88 Å². The first-order valence-electron chi connectivity index (χ1n) is 8.96. The first-order valence-corrected chi connectivity index (χ1v) is 9.84. The van der Waals surface area contributed by atoms with E-state index in [9.17, 15) is 9.59 Å². The molecule has 3 aromatic rings. The maximum Gasteiger partial charge on any atom is 0.257 e. The second-order valence-electron chi connectivity index (χ2n) is 6.89. The molecule has 140 valence electrons. The summed E-state index contributed by atoms with van der Waals surface area (Å²) in [6.07, 6.45) is 3.54. The Morgan fingerprint density at radius 3 is 2.96 bits per heavy atom. The Morgan fingerprint density at radius 1 is 1.41 bits per heavy atom. The Morgan fingerprint density at radius 2 is 2.26 bits per heavy atom. The SMILES string of the molecule is Cc1nn(C)cc1C(=O)N1CCC[C@H](c2nc(-c3cccs3)cc(=O)[nH]2)C1. The van der Waals surface area contributed by atoms with Crippen LogP contribution in [0.15, 0.2) is 34.6 Å². The summed E-state index contributed by atoms with van der Waals surface area (Å²) < 4.78 is 1.66. The summed E-state index contributed by atoms with van der Waals surface area (Å²) in [5.74, 6) is 0.667. The number of nitrogens with zero attached hydrogens (tertiary/aromatic N) is 4. The van der Waals surface area contributed by atoms with Crippen LogP contribution in [0.3, 0.4) is 0 Å². The van der Waals surface area contributed by atoms with Crippen LogP contribution < -0.4 is 5.56 Å². The third kappa shape index (κ3) is 3.57. The van der Waals surface area contributed by atoms with Gasteiger partial charge in [0.15, 0.2) is 0 Å². The molecule has 1 aliphatic rings. The molecular formula is C19H21N5O2S. The van der Waals surface area contributed by atoms with Gasteiger partial charge >= 0.3 is 0 Å². The van der Waals surface area contributed by atoms with Crippen molar-refractivity contribution in [1.29, 1.82) is 0 Å². The smallest absolute Gasteiger partial charge is 0.257 e. The molecule has 3 aromatic heterocycles. The average molecular weight is 383 g/mol. The first-order chi connectivity index (χ1) is 13.0. The van der Waals surface area contributed by atoms with Crippen molar-refractivity contribution < 1.29 is 4.79 Å². The van der Waals surface area contributed by atoms with Gasteiger partial charge in [0.25, 0.3) is 11.5 Å². The number of H-pyrrole nitrogens is 1. The third-order valence-electron chi connectivity index (χ3n) is 4.87. The zero-order valence-corrected chi connectivity index (χ0v) is 16.1. The van der Waals surface area contributed by atoms with Crippen LogP contribution in [0.1, 0.15) is 40.6 Å². The van der Waals surface area contributed by atoms with Crippen molar-refractivity contribution >= 4 is 17.2 Å². The number of hydrogen-bond acceptors (Lipinski definition) is 5. The molecule has 1 N–H and O–H groups in total. The predicted octanol–water partition coefficient (Wildman–Crippen LogP) is 2.56. The molecule has 7 nitrogen and oxygen atoms in total. The lowest BCUT2D eigenvalue weighted by Gasteiger charge is -2.32. The van der Waals surface area contributed by atoms with Crippen molar-refractivity contribution in [2.24, 2.45) is 7.05 Å². The number of aromatic amines is 1. The third-order valence-corrected chi connectivity index (χ3v) is 5.77. The molecular weight excluding hydrogens is 362 g/mol. The van der Waals surface area contributed by atoms with E-state index in [1.165, 1.54) is 6.07 Å². The van der Waals surface area contributed by atoms with Crippen LogP contribution in [-0.4, -0.2) is 43.6 Å². The van der Waals surface area contributed by atoms with Crippen LogP contribution in [-0.2, 0) is 7.05 Å². The van der Waals surface area contributed by atoms with Crippen LogP contribution in [0, 0.1) is 6.92 Å². The van der Waals surface area contributed by atoms with Crippen LogP contribution in [0.5, 0.6) is 0 Å². The van der Waals surface area contributed by atoms with Gasteiger partial charge in [0.2, 0.25) is 0 Å². The minimum atomic E-state index is -0.157.